The molecular formula is C42H46INO10. The van der Waals surface area contributed by atoms with Gasteiger partial charge in [-0.1, -0.05) is 11.1 Å². The van der Waals surface area contributed by atoms with Crippen molar-refractivity contribution in [2.75, 3.05) is 20.3 Å². The molecule has 0 radical (unpaired) electrons. The molecule has 54 heavy (non-hydrogen) atoms. The molecule has 2 aliphatic rings. The first kappa shape index (κ1) is 38.2. The van der Waals surface area contributed by atoms with Crippen LogP contribution in [0.3, 0.4) is 0 Å². The van der Waals surface area contributed by atoms with Crippen LogP contribution in [0.4, 0.5) is 0 Å². The average Bonchev–Trinajstić information content (AvgIpc) is 3.53. The topological polar surface area (TPSA) is 138 Å². The SMILES string of the molecule is CNC1(C)OC(I)(/C=C\c2c(O)cc3occc3c2OC/C=C(\C)CCC2OC2(C)C)OC1CC/C(C)=C/COc1c2ccoc2cc2oc(=O)ccc12. The number of ether oxygens (including phenoxy) is 5. The summed E-state index contributed by atoms with van der Waals surface area (Å²) in [5.41, 5.74) is 3.10. The molecule has 2 N–H and O–H groups in total. The van der Waals surface area contributed by atoms with Crippen LogP contribution in [0, 0.1) is 0 Å². The van der Waals surface area contributed by atoms with Crippen LogP contribution >= 0.6 is 22.6 Å². The van der Waals surface area contributed by atoms with Gasteiger partial charge in [0.05, 0.1) is 46.0 Å². The first-order valence-corrected chi connectivity index (χ1v) is 19.2. The quantitative estimate of drug-likeness (QED) is 0.0343. The number of rotatable bonds is 15. The van der Waals surface area contributed by atoms with E-state index in [2.05, 4.69) is 61.7 Å². The van der Waals surface area contributed by atoms with Gasteiger partial charge in [0.1, 0.15) is 59.0 Å². The maximum Gasteiger partial charge on any atom is 0.336 e. The van der Waals surface area contributed by atoms with Crippen LogP contribution in [-0.2, 0) is 14.2 Å². The molecule has 2 aromatic carbocycles. The standard InChI is InChI=1S/C42H46INO10/c1-25(7-10-35-40(3,4)52-35)14-19-49-38-27(31(45)23-32-29(38)16-21-47-32)13-18-42(43)53-36(41(5,44-6)54-42)11-8-26(2)15-20-50-39-28-9-12-37(46)51-34(28)24-33-30(39)17-22-48-33/h9,12-18,21-24,35-36,44-45H,7-8,10-11,19-20H2,1-6H3/b18-13-,25-14+,26-15+. The summed E-state index contributed by atoms with van der Waals surface area (Å²) < 4.78 is 46.8. The van der Waals surface area contributed by atoms with E-state index in [9.17, 15) is 9.90 Å². The molecule has 4 unspecified atom stereocenters. The maximum atomic E-state index is 11.8. The largest absolute Gasteiger partial charge is 0.507 e. The molecule has 4 atom stereocenters. The third-order valence-electron chi connectivity index (χ3n) is 10.3. The lowest BCUT2D eigenvalue weighted by Crippen LogP contribution is -2.48. The number of nitrogens with one attached hydrogen (secondary N) is 1. The Morgan fingerprint density at radius 3 is 2.09 bits per heavy atom. The minimum atomic E-state index is -1.13. The van der Waals surface area contributed by atoms with E-state index in [1.807, 2.05) is 32.2 Å². The molecule has 0 aliphatic carbocycles. The number of epoxide rings is 1. The number of hydrogen-bond acceptors (Lipinski definition) is 11. The number of benzene rings is 2. The Balaban J connectivity index is 1.01. The second-order valence-corrected chi connectivity index (χ2v) is 16.2. The molecule has 0 saturated carbocycles. The molecule has 2 aliphatic heterocycles. The van der Waals surface area contributed by atoms with Gasteiger partial charge in [-0.15, -0.1) is 0 Å². The predicted octanol–water partition coefficient (Wildman–Crippen LogP) is 9.53. The summed E-state index contributed by atoms with van der Waals surface area (Å²) in [4.78, 5) is 11.8. The summed E-state index contributed by atoms with van der Waals surface area (Å²) >= 11 is 2.15. The Kier molecular flexibility index (Phi) is 10.8. The Labute approximate surface area is 327 Å². The van der Waals surface area contributed by atoms with Gasteiger partial charge in [0.2, 0.25) is 3.79 Å². The molecule has 3 aromatic heterocycles. The van der Waals surface area contributed by atoms with Crippen molar-refractivity contribution in [3.05, 3.63) is 94.3 Å². The molecule has 7 rings (SSSR count). The van der Waals surface area contributed by atoms with E-state index in [0.29, 0.717) is 64.9 Å². The number of phenols is 1. The molecule has 0 amide bonds. The first-order chi connectivity index (χ1) is 25.8. The zero-order chi connectivity index (χ0) is 38.3. The lowest BCUT2D eigenvalue weighted by atomic mass is 10.0. The fourth-order valence-corrected chi connectivity index (χ4v) is 7.79. The summed E-state index contributed by atoms with van der Waals surface area (Å²) in [6, 6.07) is 10.1. The summed E-state index contributed by atoms with van der Waals surface area (Å²) in [6.07, 6.45) is 14.1. The number of likely N-dealkylation sites (N-methyl/N-ethyl adjacent to an activating group) is 1. The maximum absolute atomic E-state index is 11.8. The van der Waals surface area contributed by atoms with Crippen molar-refractivity contribution in [1.29, 1.82) is 0 Å². The molecule has 5 aromatic rings. The molecule has 0 bridgehead atoms. The number of aromatic hydroxyl groups is 1. The molecule has 12 heteroatoms. The second kappa shape index (κ2) is 15.2. The first-order valence-electron chi connectivity index (χ1n) is 18.1. The van der Waals surface area contributed by atoms with Crippen molar-refractivity contribution in [3.63, 3.8) is 0 Å². The molecule has 286 valence electrons. The van der Waals surface area contributed by atoms with Crippen molar-refractivity contribution >= 4 is 61.6 Å². The fourth-order valence-electron chi connectivity index (χ4n) is 6.85. The van der Waals surface area contributed by atoms with E-state index in [0.717, 1.165) is 35.6 Å². The molecule has 0 spiro atoms. The lowest BCUT2D eigenvalue weighted by Gasteiger charge is -2.28. The van der Waals surface area contributed by atoms with Crippen LogP contribution in [0.15, 0.2) is 96.3 Å². The van der Waals surface area contributed by atoms with Crippen molar-refractivity contribution in [3.8, 4) is 17.2 Å². The normalized spacial score (nSPS) is 24.4. The van der Waals surface area contributed by atoms with E-state index in [-0.39, 0.29) is 17.5 Å². The highest BCUT2D eigenvalue weighted by Gasteiger charge is 2.51. The number of phenolic OH excluding ortho intramolecular Hbond substituents is 1. The zero-order valence-corrected chi connectivity index (χ0v) is 33.5. The Morgan fingerprint density at radius 1 is 0.852 bits per heavy atom. The van der Waals surface area contributed by atoms with E-state index in [1.165, 1.54) is 11.6 Å². The Bertz CT molecular complexity index is 2310. The van der Waals surface area contributed by atoms with Crippen LogP contribution in [0.25, 0.3) is 39.0 Å². The minimum Gasteiger partial charge on any atom is -0.507 e. The number of fused-ring (bicyclic) bond motifs is 3. The van der Waals surface area contributed by atoms with Gasteiger partial charge in [-0.25, -0.2) is 4.79 Å². The van der Waals surface area contributed by atoms with Crippen molar-refractivity contribution in [2.24, 2.45) is 0 Å². The summed E-state index contributed by atoms with van der Waals surface area (Å²) in [6.45, 7) is 11.0. The number of alkyl halides is 1. The van der Waals surface area contributed by atoms with Gasteiger partial charge in [0.25, 0.3) is 0 Å². The van der Waals surface area contributed by atoms with E-state index in [4.69, 9.17) is 36.9 Å². The van der Waals surface area contributed by atoms with Gasteiger partial charge in [-0.2, -0.15) is 0 Å². The highest BCUT2D eigenvalue weighted by molar-refractivity contribution is 14.1. The molecule has 2 saturated heterocycles. The second-order valence-electron chi connectivity index (χ2n) is 14.7. The Hall–Kier alpha value is -4.08. The van der Waals surface area contributed by atoms with Gasteiger partial charge in [0, 0.05) is 18.2 Å². The van der Waals surface area contributed by atoms with Gasteiger partial charge in [-0.3, -0.25) is 5.32 Å². The van der Waals surface area contributed by atoms with Crippen molar-refractivity contribution in [1.82, 2.24) is 5.32 Å². The van der Waals surface area contributed by atoms with Gasteiger partial charge < -0.3 is 42.0 Å². The highest BCUT2D eigenvalue weighted by Crippen LogP contribution is 2.45. The van der Waals surface area contributed by atoms with Gasteiger partial charge >= 0.3 is 5.63 Å². The number of halogens is 1. The molecular weight excluding hydrogens is 805 g/mol. The predicted molar refractivity (Wildman–Crippen MR) is 215 cm³/mol. The number of hydrogen-bond donors (Lipinski definition) is 2. The number of furan rings is 2. The van der Waals surface area contributed by atoms with Gasteiger partial charge in [0.15, 0.2) is 0 Å². The molecule has 2 fully saturated rings. The summed E-state index contributed by atoms with van der Waals surface area (Å²) in [5, 5.41) is 16.7. The van der Waals surface area contributed by atoms with Crippen molar-refractivity contribution in [2.45, 2.75) is 87.6 Å². The van der Waals surface area contributed by atoms with Gasteiger partial charge in [-0.05, 0) is 132 Å². The minimum absolute atomic E-state index is 0.0213. The molecule has 5 heterocycles. The average molecular weight is 852 g/mol. The Morgan fingerprint density at radius 2 is 1.44 bits per heavy atom. The van der Waals surface area contributed by atoms with Crippen LogP contribution in [0.5, 0.6) is 17.2 Å². The summed E-state index contributed by atoms with van der Waals surface area (Å²) in [7, 11) is 1.85. The zero-order valence-electron chi connectivity index (χ0n) is 31.3. The number of allylic oxidation sites excluding steroid dienone is 2. The van der Waals surface area contributed by atoms with Crippen LogP contribution in [0.2, 0.25) is 0 Å². The van der Waals surface area contributed by atoms with Crippen LogP contribution in [-0.4, -0.2) is 52.7 Å². The lowest BCUT2D eigenvalue weighted by molar-refractivity contribution is -0.0741. The third kappa shape index (κ3) is 8.13. The van der Waals surface area contributed by atoms with Crippen LogP contribution in [0.1, 0.15) is 65.9 Å². The van der Waals surface area contributed by atoms with E-state index in [1.54, 1.807) is 42.9 Å². The van der Waals surface area contributed by atoms with E-state index >= 15 is 0 Å². The fraction of sp³-hybridized carbons (Fsp3) is 0.405. The summed E-state index contributed by atoms with van der Waals surface area (Å²) in [5.74, 6) is 1.14. The van der Waals surface area contributed by atoms with E-state index < -0.39 is 15.1 Å². The monoisotopic (exact) mass is 851 g/mol. The van der Waals surface area contributed by atoms with Crippen LogP contribution < -0.4 is 20.4 Å². The highest BCUT2D eigenvalue weighted by atomic mass is 127. The van der Waals surface area contributed by atoms with Crippen molar-refractivity contribution < 1.29 is 42.0 Å². The smallest absolute Gasteiger partial charge is 0.336 e. The third-order valence-corrected chi connectivity index (χ3v) is 11.2. The molecule has 11 nitrogen and oxygen atoms in total.